The molecule has 0 atom stereocenters. The van der Waals surface area contributed by atoms with Gasteiger partial charge in [0.15, 0.2) is 11.6 Å². The maximum atomic E-state index is 13.3. The van der Waals surface area contributed by atoms with Crippen LogP contribution in [0.3, 0.4) is 0 Å². The summed E-state index contributed by atoms with van der Waals surface area (Å²) in [6.07, 6.45) is -0.326. The van der Waals surface area contributed by atoms with E-state index in [0.29, 0.717) is 6.07 Å². The average Bonchev–Trinajstić information content (AvgIpc) is 2.29. The molecule has 0 aliphatic carbocycles. The third-order valence-electron chi connectivity index (χ3n) is 2.25. The van der Waals surface area contributed by atoms with Crippen LogP contribution in [0.15, 0.2) is 12.1 Å². The molecule has 0 saturated carbocycles. The molecule has 1 rings (SSSR count). The summed E-state index contributed by atoms with van der Waals surface area (Å²) in [5, 5.41) is 8.43. The highest BCUT2D eigenvalue weighted by molar-refractivity contribution is 5.94. The molecule has 1 aromatic carbocycles. The van der Waals surface area contributed by atoms with E-state index in [0.717, 1.165) is 4.90 Å². The second-order valence-corrected chi connectivity index (χ2v) is 3.62. The van der Waals surface area contributed by atoms with E-state index in [9.17, 15) is 22.8 Å². The van der Waals surface area contributed by atoms with E-state index in [-0.39, 0.29) is 19.0 Å². The number of rotatable bonds is 4. The first-order valence-electron chi connectivity index (χ1n) is 4.94. The van der Waals surface area contributed by atoms with Gasteiger partial charge in [-0.2, -0.15) is 0 Å². The zero-order valence-electron chi connectivity index (χ0n) is 9.41. The molecule has 1 N–H and O–H groups in total. The number of hydrogen-bond acceptors (Lipinski definition) is 2. The Hall–Kier alpha value is -2.05. The predicted octanol–water partition coefficient (Wildman–Crippen LogP) is 1.65. The fourth-order valence-electron chi connectivity index (χ4n) is 1.26. The molecule has 0 aliphatic rings. The summed E-state index contributed by atoms with van der Waals surface area (Å²) in [6, 6.07) is 0.720. The molecule has 18 heavy (non-hydrogen) atoms. The van der Waals surface area contributed by atoms with Crippen molar-refractivity contribution < 1.29 is 27.9 Å². The SMILES string of the molecule is CN(CCC(=O)O)C(=O)c1cc(F)c(F)cc1F. The molecule has 7 heteroatoms. The number of carboxylic acid groups (broad SMARTS) is 1. The Balaban J connectivity index is 2.90. The molecule has 1 amide bonds. The molecular weight excluding hydrogens is 251 g/mol. The molecule has 0 aliphatic heterocycles. The van der Waals surface area contributed by atoms with Gasteiger partial charge in [-0.25, -0.2) is 13.2 Å². The van der Waals surface area contributed by atoms with Crippen molar-refractivity contribution in [2.45, 2.75) is 6.42 Å². The summed E-state index contributed by atoms with van der Waals surface area (Å²) >= 11 is 0. The van der Waals surface area contributed by atoms with Crippen molar-refractivity contribution in [2.24, 2.45) is 0 Å². The summed E-state index contributed by atoms with van der Waals surface area (Å²) in [7, 11) is 1.24. The number of carbonyl (C=O) groups excluding carboxylic acids is 1. The molecule has 0 spiro atoms. The lowest BCUT2D eigenvalue weighted by Gasteiger charge is -2.16. The van der Waals surface area contributed by atoms with Crippen molar-refractivity contribution in [3.8, 4) is 0 Å². The first kappa shape index (κ1) is 14.0. The highest BCUT2D eigenvalue weighted by atomic mass is 19.2. The van der Waals surface area contributed by atoms with E-state index in [1.165, 1.54) is 7.05 Å². The molecule has 1 aromatic rings. The number of halogens is 3. The average molecular weight is 261 g/mol. The molecular formula is C11H10F3NO3. The molecule has 0 bridgehead atoms. The monoisotopic (exact) mass is 261 g/mol. The molecule has 98 valence electrons. The lowest BCUT2D eigenvalue weighted by atomic mass is 10.1. The maximum Gasteiger partial charge on any atom is 0.305 e. The van der Waals surface area contributed by atoms with Crippen LogP contribution < -0.4 is 0 Å². The standard InChI is InChI=1S/C11H10F3NO3/c1-15(3-2-10(16)17)11(18)6-4-8(13)9(14)5-7(6)12/h4-5H,2-3H2,1H3,(H,16,17). The van der Waals surface area contributed by atoms with Crippen LogP contribution >= 0.6 is 0 Å². The first-order chi connectivity index (χ1) is 8.32. The van der Waals surface area contributed by atoms with E-state index in [4.69, 9.17) is 5.11 Å². The Kier molecular flexibility index (Phi) is 4.30. The summed E-state index contributed by atoms with van der Waals surface area (Å²) in [5.41, 5.74) is -0.637. The van der Waals surface area contributed by atoms with Gasteiger partial charge in [-0.1, -0.05) is 0 Å². The van der Waals surface area contributed by atoms with Crippen molar-refractivity contribution >= 4 is 11.9 Å². The van der Waals surface area contributed by atoms with Crippen LogP contribution in [-0.4, -0.2) is 35.5 Å². The van der Waals surface area contributed by atoms with Gasteiger partial charge in [0.25, 0.3) is 5.91 Å². The van der Waals surface area contributed by atoms with E-state index >= 15 is 0 Å². The van der Waals surface area contributed by atoms with Gasteiger partial charge >= 0.3 is 5.97 Å². The van der Waals surface area contributed by atoms with Crippen LogP contribution in [0.2, 0.25) is 0 Å². The minimum absolute atomic E-state index is 0.160. The van der Waals surface area contributed by atoms with Gasteiger partial charge in [0.1, 0.15) is 5.82 Å². The highest BCUT2D eigenvalue weighted by Crippen LogP contribution is 2.15. The second kappa shape index (κ2) is 5.52. The molecule has 0 heterocycles. The number of carbonyl (C=O) groups is 2. The van der Waals surface area contributed by atoms with Crippen LogP contribution in [0.4, 0.5) is 13.2 Å². The van der Waals surface area contributed by atoms with Crippen molar-refractivity contribution in [2.75, 3.05) is 13.6 Å². The number of hydrogen-bond donors (Lipinski definition) is 1. The van der Waals surface area contributed by atoms with E-state index < -0.39 is 34.9 Å². The lowest BCUT2D eigenvalue weighted by molar-refractivity contribution is -0.137. The topological polar surface area (TPSA) is 57.6 Å². The fraction of sp³-hybridized carbons (Fsp3) is 0.273. The minimum Gasteiger partial charge on any atom is -0.481 e. The molecule has 0 saturated heterocycles. The van der Waals surface area contributed by atoms with Crippen LogP contribution in [0.5, 0.6) is 0 Å². The molecule has 0 fully saturated rings. The van der Waals surface area contributed by atoms with Crippen molar-refractivity contribution in [3.05, 3.63) is 35.1 Å². The van der Waals surface area contributed by atoms with Gasteiger partial charge in [-0.05, 0) is 6.07 Å². The number of aliphatic carboxylic acids is 1. The van der Waals surface area contributed by atoms with Gasteiger partial charge in [0.2, 0.25) is 0 Å². The largest absolute Gasteiger partial charge is 0.481 e. The number of carboxylic acids is 1. The van der Waals surface area contributed by atoms with Crippen LogP contribution in [0, 0.1) is 17.5 Å². The fourth-order valence-corrected chi connectivity index (χ4v) is 1.26. The van der Waals surface area contributed by atoms with Crippen LogP contribution in [-0.2, 0) is 4.79 Å². The molecule has 4 nitrogen and oxygen atoms in total. The van der Waals surface area contributed by atoms with Crippen molar-refractivity contribution in [1.82, 2.24) is 4.90 Å². The molecule has 0 unspecified atom stereocenters. The third-order valence-corrected chi connectivity index (χ3v) is 2.25. The Labute approximate surface area is 101 Å². The van der Waals surface area contributed by atoms with E-state index in [2.05, 4.69) is 0 Å². The maximum absolute atomic E-state index is 13.3. The quantitative estimate of drug-likeness (QED) is 0.838. The first-order valence-corrected chi connectivity index (χ1v) is 4.94. The van der Waals surface area contributed by atoms with E-state index in [1.807, 2.05) is 0 Å². The zero-order chi connectivity index (χ0) is 13.9. The van der Waals surface area contributed by atoms with Gasteiger partial charge in [0, 0.05) is 19.7 Å². The molecule has 0 radical (unpaired) electrons. The smallest absolute Gasteiger partial charge is 0.305 e. The van der Waals surface area contributed by atoms with Crippen molar-refractivity contribution in [1.29, 1.82) is 0 Å². The summed E-state index contributed by atoms with van der Waals surface area (Å²) < 4.78 is 38.8. The van der Waals surface area contributed by atoms with Gasteiger partial charge < -0.3 is 10.0 Å². The predicted molar refractivity (Wildman–Crippen MR) is 55.5 cm³/mol. The highest BCUT2D eigenvalue weighted by Gasteiger charge is 2.19. The second-order valence-electron chi connectivity index (χ2n) is 3.62. The van der Waals surface area contributed by atoms with Crippen LogP contribution in [0.1, 0.15) is 16.8 Å². The minimum atomic E-state index is -1.39. The number of amides is 1. The van der Waals surface area contributed by atoms with E-state index in [1.54, 1.807) is 0 Å². The normalized spacial score (nSPS) is 10.2. The molecule has 0 aromatic heterocycles. The summed E-state index contributed by atoms with van der Waals surface area (Å²) in [4.78, 5) is 22.9. The van der Waals surface area contributed by atoms with Gasteiger partial charge in [0.05, 0.1) is 12.0 Å². The Morgan fingerprint density at radius 1 is 1.17 bits per heavy atom. The summed E-state index contributed by atoms with van der Waals surface area (Å²) in [6.45, 7) is -0.160. The van der Waals surface area contributed by atoms with Crippen LogP contribution in [0.25, 0.3) is 0 Å². The third kappa shape index (κ3) is 3.22. The number of nitrogens with zero attached hydrogens (tertiary/aromatic N) is 1. The Morgan fingerprint density at radius 2 is 1.72 bits per heavy atom. The Bertz CT molecular complexity index is 491. The summed E-state index contributed by atoms with van der Waals surface area (Å²) in [5.74, 6) is -5.96. The lowest BCUT2D eigenvalue weighted by Crippen LogP contribution is -2.30. The van der Waals surface area contributed by atoms with Gasteiger partial charge in [-0.15, -0.1) is 0 Å². The zero-order valence-corrected chi connectivity index (χ0v) is 9.41. The Morgan fingerprint density at radius 3 is 2.28 bits per heavy atom. The number of benzene rings is 1. The van der Waals surface area contributed by atoms with Crippen molar-refractivity contribution in [3.63, 3.8) is 0 Å². The van der Waals surface area contributed by atoms with Gasteiger partial charge in [-0.3, -0.25) is 9.59 Å².